The zero-order valence-electron chi connectivity index (χ0n) is 16.9. The quantitative estimate of drug-likeness (QED) is 0.410. The lowest BCUT2D eigenvalue weighted by Crippen LogP contribution is -2.36. The van der Waals surface area contributed by atoms with Crippen LogP contribution in [0, 0.1) is 5.82 Å². The summed E-state index contributed by atoms with van der Waals surface area (Å²) in [6.45, 7) is 3.82. The molecular weight excluding hydrogens is 483 g/mol. The number of hydrogen-bond acceptors (Lipinski definition) is 4. The second-order valence-corrected chi connectivity index (χ2v) is 8.57. The van der Waals surface area contributed by atoms with Gasteiger partial charge in [0.05, 0.1) is 23.9 Å². The average molecular weight is 506 g/mol. The van der Waals surface area contributed by atoms with Crippen LogP contribution in [0.5, 0.6) is 5.75 Å². The van der Waals surface area contributed by atoms with Crippen LogP contribution >= 0.6 is 27.5 Å². The van der Waals surface area contributed by atoms with Gasteiger partial charge in [-0.15, -0.1) is 0 Å². The number of ether oxygens (including phenoxy) is 2. The Morgan fingerprint density at radius 3 is 2.61 bits per heavy atom. The standard InChI is InChI=1S/C24H23BrClFN2O2/c25-19-5-8-24(31-16-17-3-1-2-4-22(17)27)18(13-19)15-28-20-6-7-23(21(26)14-20)29-9-11-30-12-10-29/h1-8,13-14,28H,9-12,15-16H2. The van der Waals surface area contributed by atoms with Crippen molar-refractivity contribution in [1.82, 2.24) is 0 Å². The van der Waals surface area contributed by atoms with Crippen molar-refractivity contribution in [3.8, 4) is 5.75 Å². The lowest BCUT2D eigenvalue weighted by molar-refractivity contribution is 0.122. The first-order chi connectivity index (χ1) is 15.1. The summed E-state index contributed by atoms with van der Waals surface area (Å²) in [6, 6.07) is 18.4. The van der Waals surface area contributed by atoms with E-state index in [0.717, 1.165) is 47.7 Å². The van der Waals surface area contributed by atoms with E-state index in [4.69, 9.17) is 21.1 Å². The maximum atomic E-state index is 13.9. The molecule has 1 heterocycles. The van der Waals surface area contributed by atoms with Crippen molar-refractivity contribution in [2.24, 2.45) is 0 Å². The first kappa shape index (κ1) is 21.9. The Morgan fingerprint density at radius 2 is 1.84 bits per heavy atom. The molecule has 3 aromatic carbocycles. The molecule has 0 radical (unpaired) electrons. The van der Waals surface area contributed by atoms with Crippen molar-refractivity contribution in [2.75, 3.05) is 36.5 Å². The number of nitrogens with one attached hydrogen (secondary N) is 1. The van der Waals surface area contributed by atoms with Gasteiger partial charge in [-0.2, -0.15) is 0 Å². The van der Waals surface area contributed by atoms with Crippen LogP contribution in [0.15, 0.2) is 65.1 Å². The summed E-state index contributed by atoms with van der Waals surface area (Å²) in [5, 5.41) is 4.11. The molecule has 0 atom stereocenters. The molecule has 4 nitrogen and oxygen atoms in total. The molecule has 162 valence electrons. The Labute approximate surface area is 195 Å². The third kappa shape index (κ3) is 5.70. The highest BCUT2D eigenvalue weighted by Gasteiger charge is 2.14. The van der Waals surface area contributed by atoms with E-state index < -0.39 is 0 Å². The molecule has 1 saturated heterocycles. The minimum absolute atomic E-state index is 0.168. The average Bonchev–Trinajstić information content (AvgIpc) is 2.78. The number of nitrogens with zero attached hydrogens (tertiary/aromatic N) is 1. The molecule has 1 aliphatic rings. The molecule has 0 saturated carbocycles. The van der Waals surface area contributed by atoms with Crippen molar-refractivity contribution >= 4 is 38.9 Å². The van der Waals surface area contributed by atoms with E-state index in [0.29, 0.717) is 22.9 Å². The van der Waals surface area contributed by atoms with Crippen LogP contribution in [0.4, 0.5) is 15.8 Å². The molecule has 0 unspecified atom stereocenters. The molecule has 0 spiro atoms. The van der Waals surface area contributed by atoms with Gasteiger partial charge >= 0.3 is 0 Å². The fourth-order valence-corrected chi connectivity index (χ4v) is 4.18. The molecule has 4 rings (SSSR count). The molecule has 0 aromatic heterocycles. The van der Waals surface area contributed by atoms with Gasteiger partial charge in [-0.05, 0) is 42.5 Å². The molecule has 7 heteroatoms. The Hall–Kier alpha value is -2.28. The van der Waals surface area contributed by atoms with E-state index in [1.807, 2.05) is 36.4 Å². The van der Waals surface area contributed by atoms with Crippen LogP contribution in [-0.2, 0) is 17.9 Å². The Morgan fingerprint density at radius 1 is 1.03 bits per heavy atom. The number of benzene rings is 3. The maximum absolute atomic E-state index is 13.9. The summed E-state index contributed by atoms with van der Waals surface area (Å²) in [5.41, 5.74) is 3.42. The van der Waals surface area contributed by atoms with Gasteiger partial charge in [0.15, 0.2) is 0 Å². The lowest BCUT2D eigenvalue weighted by Gasteiger charge is -2.29. The Bertz CT molecular complexity index is 1040. The minimum Gasteiger partial charge on any atom is -0.488 e. The monoisotopic (exact) mass is 504 g/mol. The molecule has 1 fully saturated rings. The molecule has 0 bridgehead atoms. The number of morpholine rings is 1. The SMILES string of the molecule is Fc1ccccc1COc1ccc(Br)cc1CNc1ccc(N2CCOCC2)c(Cl)c1. The Kier molecular flexibility index (Phi) is 7.33. The predicted octanol–water partition coefficient (Wildman–Crippen LogP) is 6.27. The van der Waals surface area contributed by atoms with Crippen LogP contribution in [0.25, 0.3) is 0 Å². The molecular formula is C24H23BrClFN2O2. The van der Waals surface area contributed by atoms with E-state index in [-0.39, 0.29) is 12.4 Å². The van der Waals surface area contributed by atoms with Crippen molar-refractivity contribution in [3.05, 3.63) is 87.1 Å². The third-order valence-corrected chi connectivity index (χ3v) is 5.94. The van der Waals surface area contributed by atoms with E-state index in [1.54, 1.807) is 18.2 Å². The molecule has 1 N–H and O–H groups in total. The fourth-order valence-electron chi connectivity index (χ4n) is 3.47. The highest BCUT2D eigenvalue weighted by atomic mass is 79.9. The smallest absolute Gasteiger partial charge is 0.129 e. The lowest BCUT2D eigenvalue weighted by atomic mass is 10.2. The number of rotatable bonds is 7. The van der Waals surface area contributed by atoms with Gasteiger partial charge in [0.25, 0.3) is 0 Å². The van der Waals surface area contributed by atoms with Crippen LogP contribution in [0.1, 0.15) is 11.1 Å². The molecule has 31 heavy (non-hydrogen) atoms. The molecule has 1 aliphatic heterocycles. The summed E-state index contributed by atoms with van der Waals surface area (Å²) >= 11 is 10.1. The summed E-state index contributed by atoms with van der Waals surface area (Å²) in [7, 11) is 0. The van der Waals surface area contributed by atoms with Crippen LogP contribution in [0.2, 0.25) is 5.02 Å². The summed E-state index contributed by atoms with van der Waals surface area (Å²) in [6.07, 6.45) is 0. The fraction of sp³-hybridized carbons (Fsp3) is 0.250. The summed E-state index contributed by atoms with van der Waals surface area (Å²) < 4.78 is 26.2. The predicted molar refractivity (Wildman–Crippen MR) is 127 cm³/mol. The van der Waals surface area contributed by atoms with Gasteiger partial charge in [-0.1, -0.05) is 45.7 Å². The zero-order chi connectivity index (χ0) is 21.6. The molecule has 0 amide bonds. The minimum atomic E-state index is -0.269. The second kappa shape index (κ2) is 10.4. The van der Waals surface area contributed by atoms with Crippen LogP contribution < -0.4 is 15.0 Å². The maximum Gasteiger partial charge on any atom is 0.129 e. The van der Waals surface area contributed by atoms with Gasteiger partial charge in [0.1, 0.15) is 18.2 Å². The summed E-state index contributed by atoms with van der Waals surface area (Å²) in [5.74, 6) is 0.435. The second-order valence-electron chi connectivity index (χ2n) is 7.25. The van der Waals surface area contributed by atoms with Gasteiger partial charge in [-0.25, -0.2) is 4.39 Å². The van der Waals surface area contributed by atoms with Gasteiger partial charge in [-0.3, -0.25) is 0 Å². The normalized spacial score (nSPS) is 13.8. The number of hydrogen-bond donors (Lipinski definition) is 1. The van der Waals surface area contributed by atoms with Crippen molar-refractivity contribution in [3.63, 3.8) is 0 Å². The first-order valence-electron chi connectivity index (χ1n) is 10.1. The van der Waals surface area contributed by atoms with E-state index in [9.17, 15) is 4.39 Å². The molecule has 3 aromatic rings. The Balaban J connectivity index is 1.43. The van der Waals surface area contributed by atoms with Crippen molar-refractivity contribution < 1.29 is 13.9 Å². The first-order valence-corrected chi connectivity index (χ1v) is 11.3. The highest BCUT2D eigenvalue weighted by Crippen LogP contribution is 2.31. The van der Waals surface area contributed by atoms with E-state index >= 15 is 0 Å². The van der Waals surface area contributed by atoms with Crippen LogP contribution in [-0.4, -0.2) is 26.3 Å². The van der Waals surface area contributed by atoms with E-state index in [2.05, 4.69) is 26.1 Å². The van der Waals surface area contributed by atoms with Crippen LogP contribution in [0.3, 0.4) is 0 Å². The van der Waals surface area contributed by atoms with Gasteiger partial charge < -0.3 is 19.7 Å². The summed E-state index contributed by atoms with van der Waals surface area (Å²) in [4.78, 5) is 2.23. The van der Waals surface area contributed by atoms with Crippen molar-refractivity contribution in [1.29, 1.82) is 0 Å². The topological polar surface area (TPSA) is 33.7 Å². The van der Waals surface area contributed by atoms with Crippen molar-refractivity contribution in [2.45, 2.75) is 13.2 Å². The van der Waals surface area contributed by atoms with Gasteiger partial charge in [0, 0.05) is 40.9 Å². The van der Waals surface area contributed by atoms with Gasteiger partial charge in [0.2, 0.25) is 0 Å². The van der Waals surface area contributed by atoms with E-state index in [1.165, 1.54) is 6.07 Å². The largest absolute Gasteiger partial charge is 0.488 e. The molecule has 0 aliphatic carbocycles. The number of anilines is 2. The number of halogens is 3. The third-order valence-electron chi connectivity index (χ3n) is 5.15. The zero-order valence-corrected chi connectivity index (χ0v) is 19.3. The highest BCUT2D eigenvalue weighted by molar-refractivity contribution is 9.10.